The normalized spacial score (nSPS) is 11.2. The number of hydrogen-bond donors (Lipinski definition) is 2. The van der Waals surface area contributed by atoms with Crippen molar-refractivity contribution in [1.82, 2.24) is 9.97 Å². The van der Waals surface area contributed by atoms with Crippen LogP contribution in [0.5, 0.6) is 5.75 Å². The fraction of sp³-hybridized carbons (Fsp3) is 0.250. The molecule has 1 aromatic carbocycles. The van der Waals surface area contributed by atoms with Gasteiger partial charge in [-0.2, -0.15) is 8.42 Å². The zero-order valence-corrected chi connectivity index (χ0v) is 11.3. The van der Waals surface area contributed by atoms with Gasteiger partial charge in [0.25, 0.3) is 10.0 Å². The molecule has 1 aromatic heterocycles. The minimum Gasteiger partial charge on any atom is -0.491 e. The largest absolute Gasteiger partial charge is 0.491 e. The summed E-state index contributed by atoms with van der Waals surface area (Å²) in [5.41, 5.74) is 0.408. The number of para-hydroxylation sites is 2. The molecule has 2 aromatic rings. The van der Waals surface area contributed by atoms with E-state index >= 15 is 0 Å². The van der Waals surface area contributed by atoms with Crippen molar-refractivity contribution in [1.29, 1.82) is 0 Å². The quantitative estimate of drug-likeness (QED) is 0.848. The van der Waals surface area contributed by atoms with E-state index in [1.54, 1.807) is 24.3 Å². The van der Waals surface area contributed by atoms with Crippen LogP contribution in [0.15, 0.2) is 41.8 Å². The van der Waals surface area contributed by atoms with Gasteiger partial charge in [0.1, 0.15) is 5.75 Å². The number of imidazole rings is 1. The number of nitrogens with one attached hydrogen (secondary N) is 2. The number of hydrogen-bond acceptors (Lipinski definition) is 4. The zero-order chi connectivity index (χ0) is 13.7. The number of anilines is 1. The van der Waals surface area contributed by atoms with Crippen LogP contribution in [-0.2, 0) is 10.0 Å². The molecule has 0 fully saturated rings. The molecule has 0 aliphatic carbocycles. The SMILES string of the molecule is CCCOc1ccccc1NS(=O)(=O)c1cnc[nH]1. The first-order valence-electron chi connectivity index (χ1n) is 5.86. The molecule has 0 amide bonds. The highest BCUT2D eigenvalue weighted by atomic mass is 32.2. The van der Waals surface area contributed by atoms with Gasteiger partial charge in [-0.05, 0) is 18.6 Å². The third-order valence-electron chi connectivity index (χ3n) is 2.36. The van der Waals surface area contributed by atoms with Crippen LogP contribution in [0.2, 0.25) is 0 Å². The molecule has 0 saturated carbocycles. The molecule has 1 heterocycles. The topological polar surface area (TPSA) is 84.1 Å². The number of aromatic amines is 1. The summed E-state index contributed by atoms with van der Waals surface area (Å²) in [5, 5.41) is 0.0118. The number of benzene rings is 1. The van der Waals surface area contributed by atoms with E-state index < -0.39 is 10.0 Å². The standard InChI is InChI=1S/C12H15N3O3S/c1-2-7-18-11-6-4-3-5-10(11)15-19(16,17)12-8-13-9-14-12/h3-6,8-9,15H,2,7H2,1H3,(H,13,14). The molecule has 7 heteroatoms. The minimum absolute atomic E-state index is 0.0118. The van der Waals surface area contributed by atoms with Gasteiger partial charge in [0.05, 0.1) is 24.8 Å². The Kier molecular flexibility index (Phi) is 4.06. The molecule has 0 bridgehead atoms. The number of ether oxygens (including phenoxy) is 1. The van der Waals surface area contributed by atoms with Gasteiger partial charge >= 0.3 is 0 Å². The van der Waals surface area contributed by atoms with E-state index in [-0.39, 0.29) is 5.03 Å². The minimum atomic E-state index is -3.67. The lowest BCUT2D eigenvalue weighted by Crippen LogP contribution is -2.14. The summed E-state index contributed by atoms with van der Waals surface area (Å²) in [6, 6.07) is 6.90. The second kappa shape index (κ2) is 5.75. The van der Waals surface area contributed by atoms with E-state index in [1.165, 1.54) is 12.5 Å². The molecule has 2 N–H and O–H groups in total. The Morgan fingerprint density at radius 1 is 1.37 bits per heavy atom. The predicted octanol–water partition coefficient (Wildman–Crippen LogP) is 2.00. The van der Waals surface area contributed by atoms with Gasteiger partial charge in [0.15, 0.2) is 5.03 Å². The second-order valence-electron chi connectivity index (χ2n) is 3.87. The Labute approximate surface area is 111 Å². The molecule has 0 aliphatic heterocycles. The smallest absolute Gasteiger partial charge is 0.279 e. The maximum Gasteiger partial charge on any atom is 0.279 e. The molecular formula is C12H15N3O3S. The lowest BCUT2D eigenvalue weighted by molar-refractivity contribution is 0.319. The van der Waals surface area contributed by atoms with Crippen molar-refractivity contribution in [3.63, 3.8) is 0 Å². The molecular weight excluding hydrogens is 266 g/mol. The third kappa shape index (κ3) is 3.25. The van der Waals surface area contributed by atoms with Gasteiger partial charge in [-0.3, -0.25) is 4.72 Å². The highest BCUT2D eigenvalue weighted by molar-refractivity contribution is 7.92. The molecule has 0 saturated heterocycles. The molecule has 0 spiro atoms. The molecule has 0 radical (unpaired) electrons. The van der Waals surface area contributed by atoms with Crippen molar-refractivity contribution in [2.45, 2.75) is 18.4 Å². The monoisotopic (exact) mass is 281 g/mol. The van der Waals surface area contributed by atoms with Crippen molar-refractivity contribution in [3.8, 4) is 5.75 Å². The summed E-state index contributed by atoms with van der Waals surface area (Å²) in [4.78, 5) is 6.25. The molecule has 6 nitrogen and oxygen atoms in total. The van der Waals surface area contributed by atoms with Crippen LogP contribution < -0.4 is 9.46 Å². The highest BCUT2D eigenvalue weighted by Crippen LogP contribution is 2.26. The summed E-state index contributed by atoms with van der Waals surface area (Å²) in [7, 11) is -3.67. The Hall–Kier alpha value is -2.02. The summed E-state index contributed by atoms with van der Waals surface area (Å²) < 4.78 is 32.1. The average molecular weight is 281 g/mol. The second-order valence-corrected chi connectivity index (χ2v) is 5.52. The van der Waals surface area contributed by atoms with E-state index in [0.717, 1.165) is 6.42 Å². The average Bonchev–Trinajstić information content (AvgIpc) is 2.92. The van der Waals surface area contributed by atoms with Gasteiger partial charge in [0, 0.05) is 0 Å². The lowest BCUT2D eigenvalue weighted by Gasteiger charge is -2.12. The zero-order valence-electron chi connectivity index (χ0n) is 10.5. The van der Waals surface area contributed by atoms with Crippen molar-refractivity contribution < 1.29 is 13.2 Å². The molecule has 0 unspecified atom stereocenters. The van der Waals surface area contributed by atoms with E-state index in [2.05, 4.69) is 14.7 Å². The van der Waals surface area contributed by atoms with E-state index in [9.17, 15) is 8.42 Å². The lowest BCUT2D eigenvalue weighted by atomic mass is 10.3. The van der Waals surface area contributed by atoms with Crippen LogP contribution in [0.1, 0.15) is 13.3 Å². The van der Waals surface area contributed by atoms with Crippen LogP contribution >= 0.6 is 0 Å². The predicted molar refractivity (Wildman–Crippen MR) is 71.6 cm³/mol. The molecule has 2 rings (SSSR count). The van der Waals surface area contributed by atoms with Crippen molar-refractivity contribution >= 4 is 15.7 Å². The first-order chi connectivity index (χ1) is 9.13. The van der Waals surface area contributed by atoms with Crippen LogP contribution in [0.3, 0.4) is 0 Å². The van der Waals surface area contributed by atoms with Gasteiger partial charge < -0.3 is 9.72 Å². The summed E-state index contributed by atoms with van der Waals surface area (Å²) >= 11 is 0. The fourth-order valence-electron chi connectivity index (χ4n) is 1.48. The Morgan fingerprint density at radius 3 is 2.84 bits per heavy atom. The van der Waals surface area contributed by atoms with Gasteiger partial charge in [-0.15, -0.1) is 0 Å². The molecule has 102 valence electrons. The van der Waals surface area contributed by atoms with E-state index in [0.29, 0.717) is 18.0 Å². The van der Waals surface area contributed by atoms with Crippen molar-refractivity contribution in [2.75, 3.05) is 11.3 Å². The highest BCUT2D eigenvalue weighted by Gasteiger charge is 2.17. The fourth-order valence-corrected chi connectivity index (χ4v) is 2.45. The number of rotatable bonds is 6. The maximum absolute atomic E-state index is 12.1. The van der Waals surface area contributed by atoms with E-state index in [4.69, 9.17) is 4.74 Å². The van der Waals surface area contributed by atoms with Crippen LogP contribution in [0.25, 0.3) is 0 Å². The summed E-state index contributed by atoms with van der Waals surface area (Å²) in [5.74, 6) is 0.507. The van der Waals surface area contributed by atoms with Gasteiger partial charge in [0.2, 0.25) is 0 Å². The molecule has 19 heavy (non-hydrogen) atoms. The van der Waals surface area contributed by atoms with Crippen LogP contribution in [0, 0.1) is 0 Å². The molecule has 0 atom stereocenters. The number of sulfonamides is 1. The summed E-state index contributed by atoms with van der Waals surface area (Å²) in [6.45, 7) is 2.51. The van der Waals surface area contributed by atoms with Crippen LogP contribution in [-0.4, -0.2) is 25.0 Å². The Balaban J connectivity index is 2.24. The number of nitrogens with zero attached hydrogens (tertiary/aromatic N) is 1. The Bertz CT molecular complexity index is 623. The van der Waals surface area contributed by atoms with Crippen molar-refractivity contribution in [2.24, 2.45) is 0 Å². The first kappa shape index (κ1) is 13.4. The van der Waals surface area contributed by atoms with Gasteiger partial charge in [-0.1, -0.05) is 19.1 Å². The number of H-pyrrole nitrogens is 1. The molecule has 0 aliphatic rings. The summed E-state index contributed by atoms with van der Waals surface area (Å²) in [6.07, 6.45) is 3.41. The number of aromatic nitrogens is 2. The van der Waals surface area contributed by atoms with E-state index in [1.807, 2.05) is 6.92 Å². The van der Waals surface area contributed by atoms with Gasteiger partial charge in [-0.25, -0.2) is 4.98 Å². The van der Waals surface area contributed by atoms with Crippen molar-refractivity contribution in [3.05, 3.63) is 36.8 Å². The Morgan fingerprint density at radius 2 is 2.16 bits per heavy atom. The first-order valence-corrected chi connectivity index (χ1v) is 7.35. The van der Waals surface area contributed by atoms with Crippen LogP contribution in [0.4, 0.5) is 5.69 Å². The maximum atomic E-state index is 12.1. The third-order valence-corrected chi connectivity index (χ3v) is 3.65.